The molecule has 0 aliphatic rings. The number of benzene rings is 1. The molecule has 0 fully saturated rings. The van der Waals surface area contributed by atoms with Gasteiger partial charge < -0.3 is 4.74 Å². The van der Waals surface area contributed by atoms with Crippen molar-refractivity contribution in [2.24, 2.45) is 0 Å². The fourth-order valence-electron chi connectivity index (χ4n) is 0.968. The van der Waals surface area contributed by atoms with Gasteiger partial charge >= 0.3 is 0 Å². The maximum absolute atomic E-state index is 13.1. The highest BCUT2D eigenvalue weighted by Gasteiger charge is 2.12. The van der Waals surface area contributed by atoms with Gasteiger partial charge in [-0.15, -0.1) is 0 Å². The number of hydrogen-bond acceptors (Lipinski definition) is 3. The van der Waals surface area contributed by atoms with Gasteiger partial charge in [-0.3, -0.25) is 9.63 Å². The Morgan fingerprint density at radius 2 is 2.12 bits per heavy atom. The summed E-state index contributed by atoms with van der Waals surface area (Å²) >= 11 is 0. The number of hydrogen-bond donors (Lipinski definition) is 1. The summed E-state index contributed by atoms with van der Waals surface area (Å²) < 4.78 is 30.5. The first kappa shape index (κ1) is 12.5. The van der Waals surface area contributed by atoms with E-state index in [0.29, 0.717) is 0 Å². The molecule has 4 nitrogen and oxygen atoms in total. The van der Waals surface area contributed by atoms with Crippen LogP contribution in [0.3, 0.4) is 0 Å². The van der Waals surface area contributed by atoms with Gasteiger partial charge in [-0.2, -0.15) is 0 Å². The Balaban J connectivity index is 2.55. The fourth-order valence-corrected chi connectivity index (χ4v) is 0.968. The third-order valence-electron chi connectivity index (χ3n) is 1.73. The van der Waals surface area contributed by atoms with E-state index in [2.05, 4.69) is 9.57 Å². The molecule has 1 aromatic carbocycles. The first-order valence-corrected chi connectivity index (χ1v) is 4.51. The molecular weight excluding hydrogens is 220 g/mol. The number of carbonyl (C=O) groups excluding carboxylic acids is 1. The van der Waals surface area contributed by atoms with Gasteiger partial charge in [0, 0.05) is 7.11 Å². The van der Waals surface area contributed by atoms with Crippen LogP contribution >= 0.6 is 0 Å². The summed E-state index contributed by atoms with van der Waals surface area (Å²) in [5.41, 5.74) is 1.57. The van der Waals surface area contributed by atoms with Gasteiger partial charge in [0.2, 0.25) is 0 Å². The van der Waals surface area contributed by atoms with E-state index in [9.17, 15) is 13.6 Å². The van der Waals surface area contributed by atoms with Crippen LogP contribution in [-0.2, 0) is 9.57 Å². The molecule has 88 valence electrons. The Morgan fingerprint density at radius 3 is 2.81 bits per heavy atom. The molecule has 0 saturated heterocycles. The molecule has 6 heteroatoms. The minimum absolute atomic E-state index is 0.124. The van der Waals surface area contributed by atoms with E-state index in [-0.39, 0.29) is 13.2 Å². The molecule has 1 N–H and O–H groups in total. The summed E-state index contributed by atoms with van der Waals surface area (Å²) in [7, 11) is 1.47. The van der Waals surface area contributed by atoms with Crippen LogP contribution < -0.4 is 5.48 Å². The molecule has 0 aliphatic carbocycles. The molecule has 1 amide bonds. The van der Waals surface area contributed by atoms with Gasteiger partial charge in [-0.05, 0) is 18.2 Å². The molecule has 0 aliphatic heterocycles. The van der Waals surface area contributed by atoms with E-state index in [0.717, 1.165) is 18.2 Å². The number of halogens is 2. The smallest absolute Gasteiger partial charge is 0.277 e. The Labute approximate surface area is 91.1 Å². The number of nitrogens with one attached hydrogen (secondary N) is 1. The molecule has 0 radical (unpaired) electrons. The molecule has 0 heterocycles. The topological polar surface area (TPSA) is 47.6 Å². The minimum Gasteiger partial charge on any atom is -0.382 e. The second-order valence-corrected chi connectivity index (χ2v) is 2.90. The lowest BCUT2D eigenvalue weighted by Gasteiger charge is -2.06. The van der Waals surface area contributed by atoms with Crippen molar-refractivity contribution in [3.63, 3.8) is 0 Å². The van der Waals surface area contributed by atoms with Crippen LogP contribution in [0.4, 0.5) is 8.78 Å². The van der Waals surface area contributed by atoms with Gasteiger partial charge in [0.05, 0.1) is 18.8 Å². The van der Waals surface area contributed by atoms with Crippen LogP contribution in [0.15, 0.2) is 18.2 Å². The monoisotopic (exact) mass is 231 g/mol. The van der Waals surface area contributed by atoms with Gasteiger partial charge in [-0.1, -0.05) is 0 Å². The summed E-state index contributed by atoms with van der Waals surface area (Å²) in [6.07, 6.45) is 0. The summed E-state index contributed by atoms with van der Waals surface area (Å²) in [5.74, 6) is -2.34. The summed E-state index contributed by atoms with van der Waals surface area (Å²) in [4.78, 5) is 16.0. The molecule has 0 aromatic heterocycles. The van der Waals surface area contributed by atoms with Crippen molar-refractivity contribution in [2.75, 3.05) is 20.3 Å². The number of ether oxygens (including phenoxy) is 1. The third-order valence-corrected chi connectivity index (χ3v) is 1.73. The third kappa shape index (κ3) is 3.56. The van der Waals surface area contributed by atoms with Crippen molar-refractivity contribution in [1.29, 1.82) is 0 Å². The number of hydroxylamine groups is 1. The van der Waals surface area contributed by atoms with Crippen LogP contribution in [0.2, 0.25) is 0 Å². The van der Waals surface area contributed by atoms with Gasteiger partial charge in [0.25, 0.3) is 5.91 Å². The van der Waals surface area contributed by atoms with Crippen LogP contribution in [-0.4, -0.2) is 26.2 Å². The first-order chi connectivity index (χ1) is 7.65. The second kappa shape index (κ2) is 6.14. The lowest BCUT2D eigenvalue weighted by molar-refractivity contribution is 0.00863. The molecule has 1 aromatic rings. The van der Waals surface area contributed by atoms with Crippen LogP contribution in [0.25, 0.3) is 0 Å². The predicted molar refractivity (Wildman–Crippen MR) is 51.7 cm³/mol. The highest BCUT2D eigenvalue weighted by Crippen LogP contribution is 2.09. The van der Waals surface area contributed by atoms with Gasteiger partial charge in [0.15, 0.2) is 0 Å². The highest BCUT2D eigenvalue weighted by atomic mass is 19.1. The SMILES string of the molecule is COCCONC(=O)c1cc(F)ccc1F. The van der Waals surface area contributed by atoms with E-state index in [4.69, 9.17) is 0 Å². The maximum atomic E-state index is 13.1. The van der Waals surface area contributed by atoms with E-state index < -0.39 is 23.1 Å². The molecule has 1 rings (SSSR count). The second-order valence-electron chi connectivity index (χ2n) is 2.90. The summed E-state index contributed by atoms with van der Waals surface area (Å²) in [5, 5.41) is 0. The van der Waals surface area contributed by atoms with Crippen molar-refractivity contribution in [1.82, 2.24) is 5.48 Å². The van der Waals surface area contributed by atoms with Gasteiger partial charge in [0.1, 0.15) is 11.6 Å². The molecule has 0 bridgehead atoms. The van der Waals surface area contributed by atoms with E-state index in [1.807, 2.05) is 5.48 Å². The van der Waals surface area contributed by atoms with Crippen molar-refractivity contribution in [2.45, 2.75) is 0 Å². The zero-order valence-corrected chi connectivity index (χ0v) is 8.63. The lowest BCUT2D eigenvalue weighted by Crippen LogP contribution is -2.26. The van der Waals surface area contributed by atoms with E-state index in [1.54, 1.807) is 0 Å². The van der Waals surface area contributed by atoms with E-state index >= 15 is 0 Å². The summed E-state index contributed by atoms with van der Waals surface area (Å²) in [6, 6.07) is 2.60. The quantitative estimate of drug-likeness (QED) is 0.613. The average molecular weight is 231 g/mol. The van der Waals surface area contributed by atoms with Crippen molar-refractivity contribution in [3.8, 4) is 0 Å². The minimum atomic E-state index is -0.840. The van der Waals surface area contributed by atoms with Crippen LogP contribution in [0.5, 0.6) is 0 Å². The Morgan fingerprint density at radius 1 is 1.38 bits per heavy atom. The van der Waals surface area contributed by atoms with Crippen molar-refractivity contribution < 1.29 is 23.1 Å². The predicted octanol–water partition coefficient (Wildman–Crippen LogP) is 1.27. The average Bonchev–Trinajstić information content (AvgIpc) is 2.27. The van der Waals surface area contributed by atoms with Crippen molar-refractivity contribution >= 4 is 5.91 Å². The Hall–Kier alpha value is -1.53. The lowest BCUT2D eigenvalue weighted by atomic mass is 10.2. The number of methoxy groups -OCH3 is 1. The number of amides is 1. The zero-order chi connectivity index (χ0) is 12.0. The Kier molecular flexibility index (Phi) is 4.81. The van der Waals surface area contributed by atoms with Crippen molar-refractivity contribution in [3.05, 3.63) is 35.4 Å². The largest absolute Gasteiger partial charge is 0.382 e. The summed E-state index contributed by atoms with van der Waals surface area (Å²) in [6.45, 7) is 0.408. The van der Waals surface area contributed by atoms with Crippen LogP contribution in [0, 0.1) is 11.6 Å². The maximum Gasteiger partial charge on any atom is 0.277 e. The Bertz CT molecular complexity index is 371. The normalized spacial score (nSPS) is 10.2. The molecular formula is C10H11F2NO3. The first-order valence-electron chi connectivity index (χ1n) is 4.51. The fraction of sp³-hybridized carbons (Fsp3) is 0.300. The number of rotatable bonds is 5. The van der Waals surface area contributed by atoms with E-state index in [1.165, 1.54) is 7.11 Å². The molecule has 16 heavy (non-hydrogen) atoms. The molecule has 0 atom stereocenters. The molecule has 0 unspecified atom stereocenters. The zero-order valence-electron chi connectivity index (χ0n) is 8.63. The van der Waals surface area contributed by atoms with Gasteiger partial charge in [-0.25, -0.2) is 14.3 Å². The molecule has 0 spiro atoms. The van der Waals surface area contributed by atoms with Crippen LogP contribution in [0.1, 0.15) is 10.4 Å². The number of carbonyl (C=O) groups is 1. The molecule has 0 saturated carbocycles. The standard InChI is InChI=1S/C10H11F2NO3/c1-15-4-5-16-13-10(14)8-6-7(11)2-3-9(8)12/h2-3,6H,4-5H2,1H3,(H,13,14). The highest BCUT2D eigenvalue weighted by molar-refractivity contribution is 5.93.